The summed E-state index contributed by atoms with van der Waals surface area (Å²) >= 11 is 0. The SMILES string of the molecule is COc1cc(C(=O)N2C[C@H]3CC[C@@H]2[C@@H]3N)cc2nc(-c3cc4cccc(C5CCN(C(=O)NC6CC6)CC5)c4n3CC3CC3)n(C)c12. The molecule has 4 aromatic rings. The number of carbonyl (C=O) groups excluding carboxylic acids is 2. The van der Waals surface area contributed by atoms with Gasteiger partial charge in [0, 0.05) is 62.3 Å². The third-order valence-corrected chi connectivity index (χ3v) is 11.8. The van der Waals surface area contributed by atoms with Gasteiger partial charge in [0.1, 0.15) is 11.3 Å². The van der Waals surface area contributed by atoms with Crippen LogP contribution in [0, 0.1) is 11.8 Å². The van der Waals surface area contributed by atoms with Gasteiger partial charge in [0.2, 0.25) is 0 Å². The number of fused-ring (bicyclic) bond motifs is 4. The molecule has 0 radical (unpaired) electrons. The van der Waals surface area contributed by atoms with Crippen molar-refractivity contribution in [1.82, 2.24) is 29.2 Å². The fourth-order valence-corrected chi connectivity index (χ4v) is 8.77. The second kappa shape index (κ2) is 11.0. The van der Waals surface area contributed by atoms with Crippen LogP contribution < -0.4 is 15.8 Å². The predicted molar refractivity (Wildman–Crippen MR) is 182 cm³/mol. The van der Waals surface area contributed by atoms with Crippen molar-refractivity contribution < 1.29 is 14.3 Å². The van der Waals surface area contributed by atoms with Crippen LogP contribution in [-0.2, 0) is 13.6 Å². The smallest absolute Gasteiger partial charge is 0.317 e. The number of aryl methyl sites for hydroxylation is 1. The summed E-state index contributed by atoms with van der Waals surface area (Å²) in [6.07, 6.45) is 8.73. The number of para-hydroxylation sites is 1. The Bertz CT molecular complexity index is 1890. The zero-order chi connectivity index (χ0) is 32.0. The van der Waals surface area contributed by atoms with E-state index in [1.165, 1.54) is 29.3 Å². The van der Waals surface area contributed by atoms with Crippen molar-refractivity contribution in [3.8, 4) is 17.3 Å². The molecule has 3 saturated carbocycles. The molecule has 2 aliphatic heterocycles. The molecule has 10 heteroatoms. The highest BCUT2D eigenvalue weighted by Crippen LogP contribution is 2.42. The van der Waals surface area contributed by atoms with Gasteiger partial charge in [-0.25, -0.2) is 9.78 Å². The first-order chi connectivity index (χ1) is 22.9. The Kier molecular flexibility index (Phi) is 6.82. The molecule has 2 saturated heterocycles. The summed E-state index contributed by atoms with van der Waals surface area (Å²) in [6, 6.07) is 13.5. The Labute approximate surface area is 275 Å². The number of methoxy groups -OCH3 is 1. The van der Waals surface area contributed by atoms with Crippen molar-refractivity contribution in [2.24, 2.45) is 24.6 Å². The minimum absolute atomic E-state index is 0.0172. The van der Waals surface area contributed by atoms with Crippen LogP contribution >= 0.6 is 0 Å². The van der Waals surface area contributed by atoms with Crippen LogP contribution in [0.4, 0.5) is 4.79 Å². The van der Waals surface area contributed by atoms with Gasteiger partial charge in [0.15, 0.2) is 5.82 Å². The number of carbonyl (C=O) groups is 2. The standard InChI is InChI=1S/C37H45N7O3/c1-41-34-28(16-25(18-31(34)47-2)36(45)44-20-24-8-11-29(44)32(24)38)40-35(41)30-17-23-4-3-5-27(33(23)43(30)19-21-6-7-21)22-12-14-42(15-13-22)37(46)39-26-9-10-26/h3-5,16-18,21-22,24,26,29,32H,6-15,19-20,38H2,1-2H3,(H,39,46)/t24-,29-,32-/m1/s1. The number of ether oxygens (including phenoxy) is 1. The maximum absolute atomic E-state index is 13.8. The van der Waals surface area contributed by atoms with E-state index in [-0.39, 0.29) is 24.0 Å². The second-order valence-corrected chi connectivity index (χ2v) is 14.8. The molecule has 2 aromatic carbocycles. The van der Waals surface area contributed by atoms with Gasteiger partial charge >= 0.3 is 6.03 Å². The maximum atomic E-state index is 13.8. The summed E-state index contributed by atoms with van der Waals surface area (Å²) in [4.78, 5) is 35.7. The molecule has 2 bridgehead atoms. The molecule has 3 N–H and O–H groups in total. The van der Waals surface area contributed by atoms with Crippen LogP contribution in [0.15, 0.2) is 36.4 Å². The molecular weight excluding hydrogens is 590 g/mol. The summed E-state index contributed by atoms with van der Waals surface area (Å²) in [5, 5.41) is 4.39. The van der Waals surface area contributed by atoms with Gasteiger partial charge in [-0.1, -0.05) is 18.2 Å². The van der Waals surface area contributed by atoms with Crippen molar-refractivity contribution in [2.75, 3.05) is 26.7 Å². The molecule has 0 spiro atoms. The van der Waals surface area contributed by atoms with E-state index in [1.807, 2.05) is 21.9 Å². The van der Waals surface area contributed by atoms with E-state index in [1.54, 1.807) is 7.11 Å². The van der Waals surface area contributed by atoms with Crippen molar-refractivity contribution in [2.45, 2.75) is 82.0 Å². The number of imidazole rings is 1. The Morgan fingerprint density at radius 2 is 1.81 bits per heavy atom. The molecule has 5 fully saturated rings. The van der Waals surface area contributed by atoms with E-state index in [4.69, 9.17) is 15.5 Å². The molecule has 246 valence electrons. The molecular formula is C37H45N7O3. The Morgan fingerprint density at radius 1 is 1.00 bits per heavy atom. The molecule has 10 nitrogen and oxygen atoms in total. The number of rotatable bonds is 7. The average Bonchev–Trinajstić information content (AvgIpc) is 3.98. The van der Waals surface area contributed by atoms with Crippen molar-refractivity contribution in [1.29, 1.82) is 0 Å². The van der Waals surface area contributed by atoms with Crippen LogP contribution in [0.25, 0.3) is 33.5 Å². The topological polar surface area (TPSA) is 111 Å². The molecule has 5 aliphatic rings. The number of nitrogens with zero attached hydrogens (tertiary/aromatic N) is 5. The van der Waals surface area contributed by atoms with Gasteiger partial charge in [-0.05, 0) is 92.9 Å². The minimum atomic E-state index is 0.0172. The predicted octanol–water partition coefficient (Wildman–Crippen LogP) is 5.23. The Morgan fingerprint density at radius 3 is 2.49 bits per heavy atom. The molecule has 3 atom stereocenters. The summed E-state index contributed by atoms with van der Waals surface area (Å²) in [5.41, 5.74) is 12.5. The molecule has 47 heavy (non-hydrogen) atoms. The van der Waals surface area contributed by atoms with E-state index in [9.17, 15) is 9.59 Å². The van der Waals surface area contributed by atoms with Crippen molar-refractivity contribution in [3.63, 3.8) is 0 Å². The number of benzene rings is 2. The van der Waals surface area contributed by atoms with E-state index >= 15 is 0 Å². The number of amides is 3. The normalized spacial score (nSPS) is 24.5. The lowest BCUT2D eigenvalue weighted by atomic mass is 9.88. The molecule has 3 aliphatic carbocycles. The number of nitrogens with one attached hydrogen (secondary N) is 1. The average molecular weight is 636 g/mol. The fourth-order valence-electron chi connectivity index (χ4n) is 8.77. The summed E-state index contributed by atoms with van der Waals surface area (Å²) in [7, 11) is 3.72. The first-order valence-corrected chi connectivity index (χ1v) is 17.7. The zero-order valence-corrected chi connectivity index (χ0v) is 27.5. The Hall–Kier alpha value is -4.05. The number of hydrogen-bond donors (Lipinski definition) is 2. The highest BCUT2D eigenvalue weighted by atomic mass is 16.5. The van der Waals surface area contributed by atoms with E-state index < -0.39 is 0 Å². The minimum Gasteiger partial charge on any atom is -0.494 e. The van der Waals surface area contributed by atoms with E-state index in [0.29, 0.717) is 35.1 Å². The van der Waals surface area contributed by atoms with Crippen molar-refractivity contribution in [3.05, 3.63) is 47.5 Å². The third-order valence-electron chi connectivity index (χ3n) is 11.8. The van der Waals surface area contributed by atoms with Gasteiger partial charge in [-0.2, -0.15) is 0 Å². The summed E-state index contributed by atoms with van der Waals surface area (Å²) in [6.45, 7) is 3.26. The first-order valence-electron chi connectivity index (χ1n) is 17.7. The van der Waals surface area contributed by atoms with Gasteiger partial charge in [-0.3, -0.25) is 4.79 Å². The second-order valence-electron chi connectivity index (χ2n) is 14.8. The highest BCUT2D eigenvalue weighted by Gasteiger charge is 2.47. The monoisotopic (exact) mass is 635 g/mol. The molecule has 9 rings (SSSR count). The number of aromatic nitrogens is 3. The molecule has 2 aromatic heterocycles. The number of urea groups is 1. The molecule has 0 unspecified atom stereocenters. The number of hydrogen-bond acceptors (Lipinski definition) is 5. The lowest BCUT2D eigenvalue weighted by molar-refractivity contribution is 0.0700. The summed E-state index contributed by atoms with van der Waals surface area (Å²) < 4.78 is 10.6. The van der Waals surface area contributed by atoms with Crippen molar-refractivity contribution >= 4 is 33.9 Å². The highest BCUT2D eigenvalue weighted by molar-refractivity contribution is 6.00. The van der Waals surface area contributed by atoms with Gasteiger partial charge < -0.3 is 34.7 Å². The van der Waals surface area contributed by atoms with Crippen LogP contribution in [0.5, 0.6) is 5.75 Å². The fraction of sp³-hybridized carbons (Fsp3) is 0.541. The molecule has 3 amide bonds. The van der Waals surface area contributed by atoms with Gasteiger partial charge in [-0.15, -0.1) is 0 Å². The lowest BCUT2D eigenvalue weighted by Gasteiger charge is -2.33. The van der Waals surface area contributed by atoms with Crippen LogP contribution in [0.2, 0.25) is 0 Å². The van der Waals surface area contributed by atoms with Gasteiger partial charge in [0.25, 0.3) is 5.91 Å². The van der Waals surface area contributed by atoms with Crippen LogP contribution in [-0.4, -0.2) is 80.7 Å². The van der Waals surface area contributed by atoms with Gasteiger partial charge in [0.05, 0.1) is 23.8 Å². The maximum Gasteiger partial charge on any atom is 0.317 e. The van der Waals surface area contributed by atoms with Crippen LogP contribution in [0.3, 0.4) is 0 Å². The summed E-state index contributed by atoms with van der Waals surface area (Å²) in [5.74, 6) is 3.01. The Balaban J connectivity index is 1.08. The number of piperidine rings is 2. The van der Waals surface area contributed by atoms with E-state index in [2.05, 4.69) is 45.8 Å². The number of nitrogens with two attached hydrogens (primary N) is 1. The quantitative estimate of drug-likeness (QED) is 0.289. The first kappa shape index (κ1) is 29.1. The third kappa shape index (κ3) is 4.90. The molecule has 4 heterocycles. The van der Waals surface area contributed by atoms with Crippen LogP contribution in [0.1, 0.15) is 73.2 Å². The van der Waals surface area contributed by atoms with E-state index in [0.717, 1.165) is 87.3 Å². The zero-order valence-electron chi connectivity index (χ0n) is 27.5. The largest absolute Gasteiger partial charge is 0.494 e. The lowest BCUT2D eigenvalue weighted by Crippen LogP contribution is -2.44. The number of likely N-dealkylation sites (tertiary alicyclic amines) is 2.